The van der Waals surface area contributed by atoms with Crippen molar-refractivity contribution in [1.82, 2.24) is 14.1 Å². The number of nitrogens with zero attached hydrogens (tertiary/aromatic N) is 4. The molecule has 1 aliphatic rings. The zero-order chi connectivity index (χ0) is 26.8. The van der Waals surface area contributed by atoms with Crippen LogP contribution in [-0.2, 0) is 19.6 Å². The van der Waals surface area contributed by atoms with Crippen molar-refractivity contribution in [1.29, 1.82) is 0 Å². The Bertz CT molecular complexity index is 1320. The van der Waals surface area contributed by atoms with Crippen LogP contribution >= 0.6 is 0 Å². The fourth-order valence-corrected chi connectivity index (χ4v) is 4.88. The average molecular weight is 517 g/mol. The fourth-order valence-electron chi connectivity index (χ4n) is 3.97. The summed E-state index contributed by atoms with van der Waals surface area (Å²) in [7, 11) is 2.80. The lowest BCUT2D eigenvalue weighted by molar-refractivity contribution is -0.384. The molecule has 0 spiro atoms. The van der Waals surface area contributed by atoms with Gasteiger partial charge in [0, 0.05) is 38.3 Å². The zero-order valence-corrected chi connectivity index (χ0v) is 21.2. The molecule has 192 valence electrons. The number of benzene rings is 2. The molecular weight excluding hydrogens is 488 g/mol. The van der Waals surface area contributed by atoms with Crippen LogP contribution in [-0.4, -0.2) is 85.5 Å². The molecule has 1 atom stereocenters. The van der Waals surface area contributed by atoms with Crippen LogP contribution in [0.25, 0.3) is 5.76 Å². The monoisotopic (exact) mass is 516 g/mol. The molecule has 1 fully saturated rings. The van der Waals surface area contributed by atoms with E-state index in [0.717, 1.165) is 4.31 Å². The van der Waals surface area contributed by atoms with Crippen LogP contribution in [0.3, 0.4) is 0 Å². The summed E-state index contributed by atoms with van der Waals surface area (Å²) in [5.74, 6) is -2.23. The Hall–Kier alpha value is -3.61. The van der Waals surface area contributed by atoms with Gasteiger partial charge in [-0.15, -0.1) is 0 Å². The van der Waals surface area contributed by atoms with E-state index in [1.807, 2.05) is 19.0 Å². The number of Topliss-reactive ketones (excluding diaryl/α,β-unsaturated/α-hetero) is 1. The van der Waals surface area contributed by atoms with Crippen molar-refractivity contribution in [3.8, 4) is 0 Å². The van der Waals surface area contributed by atoms with E-state index in [-0.39, 0.29) is 28.3 Å². The number of ketones is 1. The third kappa shape index (κ3) is 5.30. The van der Waals surface area contributed by atoms with Gasteiger partial charge in [0.05, 0.1) is 21.4 Å². The van der Waals surface area contributed by atoms with E-state index in [1.165, 1.54) is 61.5 Å². The Morgan fingerprint density at radius 1 is 1.08 bits per heavy atom. The van der Waals surface area contributed by atoms with Crippen LogP contribution in [0.15, 0.2) is 59.0 Å². The van der Waals surface area contributed by atoms with E-state index in [2.05, 4.69) is 0 Å². The van der Waals surface area contributed by atoms with E-state index in [0.29, 0.717) is 18.5 Å². The maximum atomic E-state index is 13.1. The number of carbonyl (C=O) groups is 2. The second kappa shape index (κ2) is 10.6. The maximum Gasteiger partial charge on any atom is 0.295 e. The van der Waals surface area contributed by atoms with Crippen LogP contribution in [0.2, 0.25) is 0 Å². The normalized spacial score (nSPS) is 17.8. The Morgan fingerprint density at radius 3 is 2.28 bits per heavy atom. The van der Waals surface area contributed by atoms with Gasteiger partial charge in [-0.05, 0) is 56.9 Å². The van der Waals surface area contributed by atoms with E-state index in [4.69, 9.17) is 0 Å². The molecule has 3 rings (SSSR count). The van der Waals surface area contributed by atoms with Gasteiger partial charge in [0.25, 0.3) is 17.4 Å². The lowest BCUT2D eigenvalue weighted by Gasteiger charge is -2.25. The minimum Gasteiger partial charge on any atom is -0.507 e. The molecule has 0 aliphatic carbocycles. The molecule has 36 heavy (non-hydrogen) atoms. The van der Waals surface area contributed by atoms with Crippen LogP contribution in [0, 0.1) is 10.1 Å². The first-order valence-corrected chi connectivity index (χ1v) is 12.5. The van der Waals surface area contributed by atoms with Crippen LogP contribution in [0.4, 0.5) is 5.69 Å². The molecule has 12 heteroatoms. The quantitative estimate of drug-likeness (QED) is 0.176. The first kappa shape index (κ1) is 27.0. The lowest BCUT2D eigenvalue weighted by Crippen LogP contribution is -2.32. The molecule has 2 aromatic rings. The highest BCUT2D eigenvalue weighted by molar-refractivity contribution is 7.89. The van der Waals surface area contributed by atoms with Gasteiger partial charge in [-0.3, -0.25) is 19.7 Å². The summed E-state index contributed by atoms with van der Waals surface area (Å²) in [4.78, 5) is 40.1. The minimum absolute atomic E-state index is 0.0107. The summed E-state index contributed by atoms with van der Waals surface area (Å²) in [6.07, 6.45) is 0.530. The molecule has 2 aromatic carbocycles. The summed E-state index contributed by atoms with van der Waals surface area (Å²) in [6.45, 7) is 0.819. The molecule has 1 aliphatic heterocycles. The molecular formula is C24H28N4O7S. The van der Waals surface area contributed by atoms with Crippen LogP contribution < -0.4 is 0 Å². The molecule has 1 unspecified atom stereocenters. The SMILES string of the molecule is CN(C)CCCN1C(=O)C(=O)/C(=C(/O)c2ccc(S(=O)(=O)N(C)C)cc2)C1c1cccc([N+](=O)[O-])c1. The second-order valence-electron chi connectivity index (χ2n) is 8.81. The van der Waals surface area contributed by atoms with Gasteiger partial charge < -0.3 is 14.9 Å². The van der Waals surface area contributed by atoms with Crippen molar-refractivity contribution >= 4 is 33.2 Å². The standard InChI is InChI=1S/C24H28N4O7S/c1-25(2)13-6-14-27-21(17-7-5-8-18(15-17)28(32)33)20(23(30)24(27)31)22(29)16-9-11-19(12-10-16)36(34,35)26(3)4/h5,7-12,15,21,29H,6,13-14H2,1-4H3/b22-20+. The number of hydrogen-bond donors (Lipinski definition) is 1. The van der Waals surface area contributed by atoms with Gasteiger partial charge in [0.2, 0.25) is 10.0 Å². The molecule has 0 saturated carbocycles. The van der Waals surface area contributed by atoms with E-state index in [1.54, 1.807) is 6.07 Å². The second-order valence-corrected chi connectivity index (χ2v) is 11.0. The molecule has 11 nitrogen and oxygen atoms in total. The van der Waals surface area contributed by atoms with Gasteiger partial charge in [-0.2, -0.15) is 0 Å². The number of non-ortho nitro benzene ring substituents is 1. The van der Waals surface area contributed by atoms with Gasteiger partial charge in [-0.25, -0.2) is 12.7 Å². The number of hydrogen-bond acceptors (Lipinski definition) is 8. The predicted molar refractivity (Wildman–Crippen MR) is 133 cm³/mol. The van der Waals surface area contributed by atoms with Crippen molar-refractivity contribution in [3.63, 3.8) is 0 Å². The number of nitro benzene ring substituents is 1. The molecule has 1 amide bonds. The smallest absolute Gasteiger partial charge is 0.295 e. The number of nitro groups is 1. The summed E-state index contributed by atoms with van der Waals surface area (Å²) in [5, 5.41) is 22.5. The van der Waals surface area contributed by atoms with Crippen LogP contribution in [0.1, 0.15) is 23.6 Å². The Balaban J connectivity index is 2.13. The van der Waals surface area contributed by atoms with Gasteiger partial charge in [0.15, 0.2) is 0 Å². The Kier molecular flexibility index (Phi) is 7.92. The molecule has 1 heterocycles. The number of rotatable bonds is 9. The largest absolute Gasteiger partial charge is 0.507 e. The Morgan fingerprint density at radius 2 is 1.72 bits per heavy atom. The topological polar surface area (TPSA) is 141 Å². The molecule has 0 bridgehead atoms. The van der Waals surface area contributed by atoms with Crippen molar-refractivity contribution < 1.29 is 28.0 Å². The number of aliphatic hydroxyl groups is 1. The summed E-state index contributed by atoms with van der Waals surface area (Å²) in [6, 6.07) is 9.81. The summed E-state index contributed by atoms with van der Waals surface area (Å²) < 4.78 is 25.8. The zero-order valence-electron chi connectivity index (χ0n) is 20.4. The van der Waals surface area contributed by atoms with Crippen molar-refractivity contribution in [3.05, 3.63) is 75.3 Å². The summed E-state index contributed by atoms with van der Waals surface area (Å²) in [5.41, 5.74) is 0.00855. The Labute approximate surface area is 209 Å². The van der Waals surface area contributed by atoms with E-state index < -0.39 is 38.4 Å². The van der Waals surface area contributed by atoms with Crippen molar-refractivity contribution in [2.24, 2.45) is 0 Å². The average Bonchev–Trinajstić information content (AvgIpc) is 3.08. The molecule has 0 aromatic heterocycles. The fraction of sp³-hybridized carbons (Fsp3) is 0.333. The third-order valence-corrected chi connectivity index (χ3v) is 7.68. The number of aliphatic hydroxyl groups excluding tert-OH is 1. The number of likely N-dealkylation sites (tertiary alicyclic amines) is 1. The van der Waals surface area contributed by atoms with Crippen molar-refractivity contribution in [2.75, 3.05) is 41.3 Å². The number of amides is 1. The highest BCUT2D eigenvalue weighted by Crippen LogP contribution is 2.40. The highest BCUT2D eigenvalue weighted by atomic mass is 32.2. The van der Waals surface area contributed by atoms with Crippen molar-refractivity contribution in [2.45, 2.75) is 17.4 Å². The van der Waals surface area contributed by atoms with E-state index in [9.17, 15) is 33.2 Å². The molecule has 0 radical (unpaired) electrons. The number of sulfonamides is 1. The molecule has 1 N–H and O–H groups in total. The lowest BCUT2D eigenvalue weighted by atomic mass is 9.95. The number of carbonyl (C=O) groups excluding carboxylic acids is 2. The van der Waals surface area contributed by atoms with Gasteiger partial charge in [0.1, 0.15) is 5.76 Å². The van der Waals surface area contributed by atoms with Crippen LogP contribution in [0.5, 0.6) is 0 Å². The highest BCUT2D eigenvalue weighted by Gasteiger charge is 2.46. The first-order valence-electron chi connectivity index (χ1n) is 11.1. The molecule has 1 saturated heterocycles. The van der Waals surface area contributed by atoms with Gasteiger partial charge in [-0.1, -0.05) is 12.1 Å². The van der Waals surface area contributed by atoms with E-state index >= 15 is 0 Å². The first-order chi connectivity index (χ1) is 16.9. The third-order valence-electron chi connectivity index (χ3n) is 5.85. The maximum absolute atomic E-state index is 13.1. The predicted octanol–water partition coefficient (Wildman–Crippen LogP) is 2.22. The van der Waals surface area contributed by atoms with Gasteiger partial charge >= 0.3 is 0 Å². The minimum atomic E-state index is -3.71. The summed E-state index contributed by atoms with van der Waals surface area (Å²) >= 11 is 0.